The molecule has 0 bridgehead atoms. The Morgan fingerprint density at radius 1 is 0.958 bits per heavy atom. The highest BCUT2D eigenvalue weighted by atomic mass is 16.5. The van der Waals surface area contributed by atoms with Crippen molar-refractivity contribution in [1.82, 2.24) is 4.90 Å². The van der Waals surface area contributed by atoms with Crippen molar-refractivity contribution in [3.05, 3.63) is 60.2 Å². The minimum atomic E-state index is 0.192. The van der Waals surface area contributed by atoms with Gasteiger partial charge in [-0.1, -0.05) is 30.3 Å². The largest absolute Gasteiger partial charge is 0.494 e. The quantitative estimate of drug-likeness (QED) is 0.850. The molecule has 1 heterocycles. The second kappa shape index (κ2) is 8.18. The van der Waals surface area contributed by atoms with E-state index in [9.17, 15) is 0 Å². The van der Waals surface area contributed by atoms with Crippen molar-refractivity contribution in [2.24, 2.45) is 5.73 Å². The zero-order valence-electron chi connectivity index (χ0n) is 14.2. The molecule has 4 nitrogen and oxygen atoms in total. The first-order valence-electron chi connectivity index (χ1n) is 8.65. The normalized spacial score (nSPS) is 20.9. The van der Waals surface area contributed by atoms with Gasteiger partial charge in [-0.3, -0.25) is 4.90 Å². The minimum Gasteiger partial charge on any atom is -0.494 e. The van der Waals surface area contributed by atoms with Gasteiger partial charge in [0.25, 0.3) is 0 Å². The summed E-state index contributed by atoms with van der Waals surface area (Å²) < 4.78 is 11.3. The van der Waals surface area contributed by atoms with Crippen molar-refractivity contribution in [3.63, 3.8) is 0 Å². The van der Waals surface area contributed by atoms with Crippen LogP contribution in [0.5, 0.6) is 11.5 Å². The Morgan fingerprint density at radius 2 is 1.62 bits per heavy atom. The van der Waals surface area contributed by atoms with E-state index in [1.807, 2.05) is 37.3 Å². The molecule has 0 saturated carbocycles. The summed E-state index contributed by atoms with van der Waals surface area (Å²) in [6.45, 7) is 6.14. The summed E-state index contributed by atoms with van der Waals surface area (Å²) in [4.78, 5) is 2.39. The summed E-state index contributed by atoms with van der Waals surface area (Å²) in [7, 11) is 0. The third kappa shape index (κ3) is 4.28. The molecule has 2 aromatic carbocycles. The molecule has 0 spiro atoms. The molecule has 4 heteroatoms. The van der Waals surface area contributed by atoms with Gasteiger partial charge in [0.15, 0.2) is 0 Å². The topological polar surface area (TPSA) is 47.7 Å². The molecule has 0 unspecified atom stereocenters. The van der Waals surface area contributed by atoms with Crippen molar-refractivity contribution in [1.29, 1.82) is 0 Å². The zero-order valence-corrected chi connectivity index (χ0v) is 14.2. The maximum atomic E-state index is 6.33. The van der Waals surface area contributed by atoms with E-state index >= 15 is 0 Å². The van der Waals surface area contributed by atoms with Gasteiger partial charge in [-0.2, -0.15) is 0 Å². The van der Waals surface area contributed by atoms with Crippen LogP contribution >= 0.6 is 0 Å². The zero-order chi connectivity index (χ0) is 16.8. The lowest BCUT2D eigenvalue weighted by molar-refractivity contribution is 0.234. The summed E-state index contributed by atoms with van der Waals surface area (Å²) in [5, 5.41) is 0. The molecule has 2 atom stereocenters. The number of hydrogen-bond acceptors (Lipinski definition) is 4. The third-order valence-corrected chi connectivity index (χ3v) is 4.48. The molecule has 128 valence electrons. The molecule has 0 radical (unpaired) electrons. The second-order valence-corrected chi connectivity index (χ2v) is 6.19. The minimum absolute atomic E-state index is 0.192. The van der Waals surface area contributed by atoms with Crippen LogP contribution in [0.3, 0.4) is 0 Å². The highest BCUT2D eigenvalue weighted by Crippen LogP contribution is 2.26. The van der Waals surface area contributed by atoms with E-state index in [0.717, 1.165) is 31.1 Å². The lowest BCUT2D eigenvalue weighted by atomic mass is 9.95. The van der Waals surface area contributed by atoms with Gasteiger partial charge in [0.2, 0.25) is 0 Å². The van der Waals surface area contributed by atoms with Gasteiger partial charge in [-0.05, 0) is 36.8 Å². The molecule has 2 N–H and O–H groups in total. The fourth-order valence-electron chi connectivity index (χ4n) is 3.24. The number of likely N-dealkylation sites (tertiary alicyclic amines) is 1. The number of nitrogens with two attached hydrogens (primary N) is 1. The average Bonchev–Trinajstić information content (AvgIpc) is 2.98. The summed E-state index contributed by atoms with van der Waals surface area (Å²) in [6, 6.07) is 18.5. The molecule has 1 fully saturated rings. The molecule has 1 aliphatic heterocycles. The van der Waals surface area contributed by atoms with E-state index in [0.29, 0.717) is 19.1 Å². The van der Waals surface area contributed by atoms with Crippen molar-refractivity contribution >= 4 is 0 Å². The number of ether oxygens (including phenoxy) is 2. The Morgan fingerprint density at radius 3 is 2.29 bits per heavy atom. The first kappa shape index (κ1) is 16.8. The molecular formula is C20H26N2O2. The first-order chi connectivity index (χ1) is 11.8. The van der Waals surface area contributed by atoms with E-state index in [2.05, 4.69) is 29.2 Å². The predicted molar refractivity (Wildman–Crippen MR) is 96.7 cm³/mol. The van der Waals surface area contributed by atoms with Crippen LogP contribution in [0.1, 0.15) is 18.4 Å². The Balaban J connectivity index is 1.46. The van der Waals surface area contributed by atoms with Gasteiger partial charge >= 0.3 is 0 Å². The maximum Gasteiger partial charge on any atom is 0.119 e. The lowest BCUT2D eigenvalue weighted by Crippen LogP contribution is -2.30. The van der Waals surface area contributed by atoms with E-state index in [-0.39, 0.29) is 6.04 Å². The maximum absolute atomic E-state index is 6.33. The fourth-order valence-corrected chi connectivity index (χ4v) is 3.24. The lowest BCUT2D eigenvalue weighted by Gasteiger charge is -2.16. The van der Waals surface area contributed by atoms with Gasteiger partial charge in [0.1, 0.15) is 18.1 Å². The van der Waals surface area contributed by atoms with E-state index in [1.54, 1.807) is 0 Å². The van der Waals surface area contributed by atoms with Crippen molar-refractivity contribution in [2.75, 3.05) is 32.8 Å². The highest BCUT2D eigenvalue weighted by molar-refractivity contribution is 5.31. The monoisotopic (exact) mass is 326 g/mol. The highest BCUT2D eigenvalue weighted by Gasteiger charge is 2.30. The van der Waals surface area contributed by atoms with E-state index in [4.69, 9.17) is 15.2 Å². The van der Waals surface area contributed by atoms with Gasteiger partial charge in [0, 0.05) is 31.6 Å². The molecule has 0 aromatic heterocycles. The molecule has 1 saturated heterocycles. The number of benzene rings is 2. The molecule has 0 aliphatic carbocycles. The van der Waals surface area contributed by atoms with Crippen LogP contribution < -0.4 is 15.2 Å². The van der Waals surface area contributed by atoms with Gasteiger partial charge in [0.05, 0.1) is 6.61 Å². The Kier molecular flexibility index (Phi) is 5.72. The molecule has 3 rings (SSSR count). The summed E-state index contributed by atoms with van der Waals surface area (Å²) in [5.41, 5.74) is 7.67. The molecule has 2 aromatic rings. The fraction of sp³-hybridized carbons (Fsp3) is 0.400. The Labute approximate surface area is 144 Å². The van der Waals surface area contributed by atoms with Crippen molar-refractivity contribution in [2.45, 2.75) is 18.9 Å². The van der Waals surface area contributed by atoms with E-state index in [1.165, 1.54) is 5.56 Å². The van der Waals surface area contributed by atoms with Crippen LogP contribution in [0.4, 0.5) is 0 Å². The molecule has 1 aliphatic rings. The number of nitrogens with zero attached hydrogens (tertiary/aromatic N) is 1. The van der Waals surface area contributed by atoms with Crippen molar-refractivity contribution < 1.29 is 9.47 Å². The summed E-state index contributed by atoms with van der Waals surface area (Å²) in [6.07, 6.45) is 0. The SMILES string of the molecule is CCOc1ccc(OCCN2C[C@@H](N)[C@H](c3ccccc3)C2)cc1. The second-order valence-electron chi connectivity index (χ2n) is 6.19. The van der Waals surface area contributed by atoms with Crippen LogP contribution in [0, 0.1) is 0 Å². The Bertz CT molecular complexity index is 615. The summed E-state index contributed by atoms with van der Waals surface area (Å²) in [5.74, 6) is 2.17. The van der Waals surface area contributed by atoms with Crippen LogP contribution in [0.15, 0.2) is 54.6 Å². The van der Waals surface area contributed by atoms with Crippen LogP contribution in [0.2, 0.25) is 0 Å². The average molecular weight is 326 g/mol. The molecule has 24 heavy (non-hydrogen) atoms. The van der Waals surface area contributed by atoms with Crippen LogP contribution in [-0.2, 0) is 0 Å². The Hall–Kier alpha value is -2.04. The smallest absolute Gasteiger partial charge is 0.119 e. The van der Waals surface area contributed by atoms with Crippen molar-refractivity contribution in [3.8, 4) is 11.5 Å². The number of rotatable bonds is 7. The molecular weight excluding hydrogens is 300 g/mol. The first-order valence-corrected chi connectivity index (χ1v) is 8.65. The number of hydrogen-bond donors (Lipinski definition) is 1. The van der Waals surface area contributed by atoms with Gasteiger partial charge < -0.3 is 15.2 Å². The third-order valence-electron chi connectivity index (χ3n) is 4.48. The van der Waals surface area contributed by atoms with Gasteiger partial charge in [-0.15, -0.1) is 0 Å². The van der Waals surface area contributed by atoms with Gasteiger partial charge in [-0.25, -0.2) is 0 Å². The summed E-state index contributed by atoms with van der Waals surface area (Å²) >= 11 is 0. The standard InChI is InChI=1S/C20H26N2O2/c1-2-23-17-8-10-18(11-9-17)24-13-12-22-14-19(20(21)15-22)16-6-4-3-5-7-16/h3-11,19-20H,2,12-15,21H2,1H3/t19-,20+/m0/s1. The van der Waals surface area contributed by atoms with Crippen LogP contribution in [0.25, 0.3) is 0 Å². The van der Waals surface area contributed by atoms with Crippen LogP contribution in [-0.4, -0.2) is 43.8 Å². The van der Waals surface area contributed by atoms with E-state index < -0.39 is 0 Å². The molecule has 0 amide bonds. The predicted octanol–water partition coefficient (Wildman–Crippen LogP) is 2.89.